The molecule has 0 aliphatic carbocycles. The van der Waals surface area contributed by atoms with Crippen LogP contribution >= 0.6 is 11.6 Å². The molecule has 4 heteroatoms. The van der Waals surface area contributed by atoms with Gasteiger partial charge in [0.1, 0.15) is 5.75 Å². The Morgan fingerprint density at radius 2 is 2.00 bits per heavy atom. The second kappa shape index (κ2) is 7.81. The zero-order valence-corrected chi connectivity index (χ0v) is 13.7. The van der Waals surface area contributed by atoms with Gasteiger partial charge in [-0.3, -0.25) is 4.79 Å². The van der Waals surface area contributed by atoms with E-state index >= 15 is 0 Å². The van der Waals surface area contributed by atoms with Crippen LogP contribution in [-0.4, -0.2) is 36.4 Å². The van der Waals surface area contributed by atoms with Crippen LogP contribution in [0.4, 0.5) is 0 Å². The van der Waals surface area contributed by atoms with Gasteiger partial charge in [0.15, 0.2) is 5.78 Å². The maximum Gasteiger partial charge on any atom is 0.167 e. The molecule has 1 aromatic carbocycles. The van der Waals surface area contributed by atoms with Crippen LogP contribution in [0.2, 0.25) is 5.02 Å². The molecule has 0 radical (unpaired) electrons. The average molecular weight is 310 g/mol. The molecule has 0 bridgehead atoms. The molecule has 1 aromatic rings. The van der Waals surface area contributed by atoms with Gasteiger partial charge in [0, 0.05) is 18.0 Å². The first kappa shape index (κ1) is 16.3. The fraction of sp³-hybridized carbons (Fsp3) is 0.588. The van der Waals surface area contributed by atoms with E-state index in [9.17, 15) is 4.79 Å². The van der Waals surface area contributed by atoms with E-state index < -0.39 is 0 Å². The third-order valence-corrected chi connectivity index (χ3v) is 3.94. The van der Waals surface area contributed by atoms with Crippen molar-refractivity contribution in [3.8, 4) is 5.75 Å². The van der Waals surface area contributed by atoms with Crippen LogP contribution in [0.5, 0.6) is 5.75 Å². The summed E-state index contributed by atoms with van der Waals surface area (Å²) in [7, 11) is 0. The largest absolute Gasteiger partial charge is 0.490 e. The molecule has 1 fully saturated rings. The van der Waals surface area contributed by atoms with E-state index in [1.54, 1.807) is 18.2 Å². The molecular weight excluding hydrogens is 286 g/mol. The molecule has 116 valence electrons. The van der Waals surface area contributed by atoms with Gasteiger partial charge in [0.2, 0.25) is 0 Å². The van der Waals surface area contributed by atoms with Gasteiger partial charge in [-0.25, -0.2) is 0 Å². The Morgan fingerprint density at radius 3 is 2.67 bits per heavy atom. The molecule has 1 aliphatic rings. The number of likely N-dealkylation sites (tertiary alicyclic amines) is 1. The van der Waals surface area contributed by atoms with Crippen LogP contribution in [0.1, 0.15) is 49.9 Å². The van der Waals surface area contributed by atoms with Gasteiger partial charge >= 0.3 is 0 Å². The van der Waals surface area contributed by atoms with E-state index in [-0.39, 0.29) is 11.9 Å². The lowest BCUT2D eigenvalue weighted by molar-refractivity contribution is 0.0953. The normalized spacial score (nSPS) is 16.2. The van der Waals surface area contributed by atoms with Gasteiger partial charge in [-0.1, -0.05) is 18.0 Å². The third-order valence-electron chi connectivity index (χ3n) is 3.71. The number of nitrogens with zero attached hydrogens (tertiary/aromatic N) is 1. The number of ketones is 1. The van der Waals surface area contributed by atoms with E-state index in [2.05, 4.69) is 4.90 Å². The lowest BCUT2D eigenvalue weighted by Crippen LogP contribution is -2.31. The minimum atomic E-state index is 0.0415. The highest BCUT2D eigenvalue weighted by Crippen LogP contribution is 2.25. The second-order valence-electron chi connectivity index (χ2n) is 5.88. The highest BCUT2D eigenvalue weighted by Gasteiger charge is 2.17. The molecule has 0 amide bonds. The van der Waals surface area contributed by atoms with E-state index in [1.165, 1.54) is 19.3 Å². The van der Waals surface area contributed by atoms with Gasteiger partial charge in [-0.05, 0) is 58.0 Å². The zero-order valence-electron chi connectivity index (χ0n) is 12.9. The van der Waals surface area contributed by atoms with E-state index in [4.69, 9.17) is 16.3 Å². The smallest absolute Gasteiger partial charge is 0.167 e. The summed E-state index contributed by atoms with van der Waals surface area (Å²) in [5.74, 6) is 0.747. The van der Waals surface area contributed by atoms with Crippen LogP contribution in [-0.2, 0) is 0 Å². The highest BCUT2D eigenvalue weighted by molar-refractivity contribution is 6.31. The Balaban J connectivity index is 2.01. The van der Waals surface area contributed by atoms with Crippen LogP contribution in [0.25, 0.3) is 0 Å². The Kier molecular flexibility index (Phi) is 6.07. The van der Waals surface area contributed by atoms with E-state index in [1.807, 2.05) is 13.8 Å². The first-order valence-corrected chi connectivity index (χ1v) is 8.16. The fourth-order valence-corrected chi connectivity index (χ4v) is 2.83. The van der Waals surface area contributed by atoms with Gasteiger partial charge < -0.3 is 9.64 Å². The minimum Gasteiger partial charge on any atom is -0.490 e. The van der Waals surface area contributed by atoms with Crippen LogP contribution < -0.4 is 4.74 Å². The zero-order chi connectivity index (χ0) is 15.2. The fourth-order valence-electron chi connectivity index (χ4n) is 2.65. The lowest BCUT2D eigenvalue weighted by Gasteiger charge is -2.26. The summed E-state index contributed by atoms with van der Waals surface area (Å²) in [6.07, 6.45) is 4.36. The van der Waals surface area contributed by atoms with E-state index in [0.29, 0.717) is 22.8 Å². The number of carbonyl (C=O) groups is 1. The molecule has 3 nitrogen and oxygen atoms in total. The first-order chi connectivity index (χ1) is 10.1. The molecule has 2 rings (SSSR count). The Labute approximate surface area is 132 Å². The van der Waals surface area contributed by atoms with Crippen molar-refractivity contribution in [3.05, 3.63) is 28.8 Å². The average Bonchev–Trinajstić information content (AvgIpc) is 2.47. The summed E-state index contributed by atoms with van der Waals surface area (Å²) < 4.78 is 5.72. The molecule has 21 heavy (non-hydrogen) atoms. The monoisotopic (exact) mass is 309 g/mol. The molecule has 0 aromatic heterocycles. The van der Waals surface area contributed by atoms with Crippen molar-refractivity contribution in [2.45, 2.75) is 45.6 Å². The molecule has 0 N–H and O–H groups in total. The Bertz CT molecular complexity index is 482. The van der Waals surface area contributed by atoms with Crippen molar-refractivity contribution in [1.29, 1.82) is 0 Å². The summed E-state index contributed by atoms with van der Waals surface area (Å²) >= 11 is 6.03. The lowest BCUT2D eigenvalue weighted by atomic mass is 10.1. The number of halogens is 1. The van der Waals surface area contributed by atoms with Crippen molar-refractivity contribution >= 4 is 17.4 Å². The van der Waals surface area contributed by atoms with Crippen LogP contribution in [0.3, 0.4) is 0 Å². The van der Waals surface area contributed by atoms with Crippen LogP contribution in [0.15, 0.2) is 18.2 Å². The van der Waals surface area contributed by atoms with Crippen molar-refractivity contribution in [2.75, 3.05) is 19.6 Å². The summed E-state index contributed by atoms with van der Waals surface area (Å²) in [5.41, 5.74) is 0.605. The summed E-state index contributed by atoms with van der Waals surface area (Å²) in [5, 5.41) is 0.576. The standard InChI is InChI=1S/C17H24ClNO2/c1-13(2)21-17-7-6-14(18)12-15(17)16(20)8-11-19-9-4-3-5-10-19/h6-7,12-13H,3-5,8-11H2,1-2H3. The van der Waals surface area contributed by atoms with Gasteiger partial charge in [0.25, 0.3) is 0 Å². The van der Waals surface area contributed by atoms with E-state index in [0.717, 1.165) is 19.6 Å². The maximum atomic E-state index is 12.5. The number of carbonyl (C=O) groups excluding carboxylic acids is 1. The number of rotatable bonds is 6. The minimum absolute atomic E-state index is 0.0415. The highest BCUT2D eigenvalue weighted by atomic mass is 35.5. The summed E-state index contributed by atoms with van der Waals surface area (Å²) in [6.45, 7) is 6.95. The van der Waals surface area contributed by atoms with Gasteiger partial charge in [-0.15, -0.1) is 0 Å². The molecule has 0 unspecified atom stereocenters. The summed E-state index contributed by atoms with van der Waals surface area (Å²) in [4.78, 5) is 14.8. The number of benzene rings is 1. The Morgan fingerprint density at radius 1 is 1.29 bits per heavy atom. The van der Waals surface area contributed by atoms with Crippen molar-refractivity contribution in [3.63, 3.8) is 0 Å². The molecule has 0 saturated carbocycles. The van der Waals surface area contributed by atoms with Gasteiger partial charge in [0.05, 0.1) is 11.7 Å². The number of hydrogen-bond acceptors (Lipinski definition) is 3. The van der Waals surface area contributed by atoms with Gasteiger partial charge in [-0.2, -0.15) is 0 Å². The maximum absolute atomic E-state index is 12.5. The number of hydrogen-bond donors (Lipinski definition) is 0. The molecule has 1 saturated heterocycles. The molecule has 1 aliphatic heterocycles. The third kappa shape index (κ3) is 5.01. The number of Topliss-reactive ketones (excluding diaryl/α,β-unsaturated/α-hetero) is 1. The molecular formula is C17H24ClNO2. The number of piperidine rings is 1. The van der Waals surface area contributed by atoms with Crippen LogP contribution in [0, 0.1) is 0 Å². The quantitative estimate of drug-likeness (QED) is 0.738. The topological polar surface area (TPSA) is 29.5 Å². The molecule has 0 spiro atoms. The SMILES string of the molecule is CC(C)Oc1ccc(Cl)cc1C(=O)CCN1CCCCC1. The van der Waals surface area contributed by atoms with Crippen molar-refractivity contribution in [1.82, 2.24) is 4.90 Å². The number of ether oxygens (including phenoxy) is 1. The molecule has 0 atom stereocenters. The summed E-state index contributed by atoms with van der Waals surface area (Å²) in [6, 6.07) is 5.27. The van der Waals surface area contributed by atoms with Crippen molar-refractivity contribution in [2.24, 2.45) is 0 Å². The predicted octanol–water partition coefficient (Wildman–Crippen LogP) is 4.19. The first-order valence-electron chi connectivity index (χ1n) is 7.78. The predicted molar refractivity (Wildman–Crippen MR) is 86.5 cm³/mol. The molecule has 1 heterocycles. The Hall–Kier alpha value is -1.06. The second-order valence-corrected chi connectivity index (χ2v) is 6.32. The van der Waals surface area contributed by atoms with Crippen molar-refractivity contribution < 1.29 is 9.53 Å².